The highest BCUT2D eigenvalue weighted by atomic mass is 79.9. The molecule has 0 aliphatic rings. The molecular formula is C43H41Br2N3O2. The van der Waals surface area contributed by atoms with Gasteiger partial charge in [-0.05, 0) is 85.6 Å². The van der Waals surface area contributed by atoms with Crippen molar-refractivity contribution in [2.45, 2.75) is 65.2 Å². The van der Waals surface area contributed by atoms with Gasteiger partial charge in [0.1, 0.15) is 11.5 Å². The van der Waals surface area contributed by atoms with Crippen molar-refractivity contribution in [3.63, 3.8) is 0 Å². The third kappa shape index (κ3) is 11.9. The number of halogens is 2. The van der Waals surface area contributed by atoms with Gasteiger partial charge in [-0.3, -0.25) is 9.97 Å². The molecule has 0 saturated carbocycles. The van der Waals surface area contributed by atoms with Crippen LogP contribution in [0.3, 0.4) is 0 Å². The van der Waals surface area contributed by atoms with Crippen LogP contribution in [-0.2, 0) is 0 Å². The molecule has 0 N–H and O–H groups in total. The van der Waals surface area contributed by atoms with Crippen LogP contribution in [0.1, 0.15) is 87.5 Å². The summed E-state index contributed by atoms with van der Waals surface area (Å²) in [7, 11) is 0. The summed E-state index contributed by atoms with van der Waals surface area (Å²) in [6.45, 7) is 5.84. The lowest BCUT2D eigenvalue weighted by molar-refractivity contribution is 0.304. The molecule has 5 aromatic rings. The van der Waals surface area contributed by atoms with Crippen LogP contribution in [0.4, 0.5) is 0 Å². The first-order valence-electron chi connectivity index (χ1n) is 17.3. The summed E-state index contributed by atoms with van der Waals surface area (Å²) in [5, 5.41) is 0. The van der Waals surface area contributed by atoms with Gasteiger partial charge >= 0.3 is 0 Å². The van der Waals surface area contributed by atoms with Crippen molar-refractivity contribution in [3.8, 4) is 58.0 Å². The Morgan fingerprint density at radius 3 is 1.38 bits per heavy atom. The van der Waals surface area contributed by atoms with Crippen LogP contribution in [0.5, 0.6) is 11.5 Å². The molecule has 3 heterocycles. The highest BCUT2D eigenvalue weighted by molar-refractivity contribution is 9.10. The van der Waals surface area contributed by atoms with E-state index in [1.807, 2.05) is 78.9 Å². The van der Waals surface area contributed by atoms with Crippen molar-refractivity contribution in [1.29, 1.82) is 0 Å². The molecule has 5 rings (SSSR count). The largest absolute Gasteiger partial charge is 0.494 e. The van der Waals surface area contributed by atoms with Crippen molar-refractivity contribution < 1.29 is 9.47 Å². The van der Waals surface area contributed by atoms with Gasteiger partial charge < -0.3 is 9.47 Å². The van der Waals surface area contributed by atoms with E-state index in [-0.39, 0.29) is 0 Å². The molecule has 0 saturated heterocycles. The lowest BCUT2D eigenvalue weighted by atomic mass is 10.1. The first-order valence-corrected chi connectivity index (χ1v) is 18.9. The Balaban J connectivity index is 1.21. The molecule has 0 fully saturated rings. The van der Waals surface area contributed by atoms with Crippen LogP contribution < -0.4 is 9.47 Å². The number of aromatic nitrogens is 3. The van der Waals surface area contributed by atoms with Crippen molar-refractivity contribution in [2.75, 3.05) is 13.2 Å². The van der Waals surface area contributed by atoms with Gasteiger partial charge in [0, 0.05) is 43.6 Å². The van der Waals surface area contributed by atoms with Crippen molar-refractivity contribution in [2.24, 2.45) is 0 Å². The van der Waals surface area contributed by atoms with Gasteiger partial charge in [0.05, 0.1) is 36.0 Å². The van der Waals surface area contributed by atoms with E-state index < -0.39 is 0 Å². The zero-order valence-corrected chi connectivity index (χ0v) is 31.8. The quantitative estimate of drug-likeness (QED) is 0.0828. The highest BCUT2D eigenvalue weighted by Gasteiger charge is 2.07. The third-order valence-electron chi connectivity index (χ3n) is 7.78. The van der Waals surface area contributed by atoms with Gasteiger partial charge in [-0.2, -0.15) is 0 Å². The fraction of sp³-hybridized carbons (Fsp3) is 0.279. The van der Waals surface area contributed by atoms with Gasteiger partial charge in [0.2, 0.25) is 0 Å². The number of benzene rings is 2. The van der Waals surface area contributed by atoms with E-state index in [9.17, 15) is 0 Å². The van der Waals surface area contributed by atoms with E-state index in [0.717, 1.165) is 78.3 Å². The number of hydrogen-bond acceptors (Lipinski definition) is 5. The number of unbranched alkanes of at least 4 members (excludes halogenated alkanes) is 6. The highest BCUT2D eigenvalue weighted by Crippen LogP contribution is 2.24. The van der Waals surface area contributed by atoms with E-state index in [1.165, 1.54) is 38.5 Å². The summed E-state index contributed by atoms with van der Waals surface area (Å²) in [4.78, 5) is 14.2. The van der Waals surface area contributed by atoms with E-state index in [4.69, 9.17) is 14.5 Å². The summed E-state index contributed by atoms with van der Waals surface area (Å²) >= 11 is 7.17. The van der Waals surface area contributed by atoms with E-state index in [1.54, 1.807) is 12.4 Å². The number of nitrogens with zero attached hydrogens (tertiary/aromatic N) is 3. The minimum absolute atomic E-state index is 0.712. The Kier molecular flexibility index (Phi) is 14.5. The average molecular weight is 792 g/mol. The molecule has 0 aliphatic carbocycles. The molecule has 0 radical (unpaired) electrons. The molecule has 0 atom stereocenters. The van der Waals surface area contributed by atoms with Crippen LogP contribution in [0.15, 0.2) is 100 Å². The molecule has 0 bridgehead atoms. The van der Waals surface area contributed by atoms with Gasteiger partial charge in [-0.25, -0.2) is 4.98 Å². The second-order valence-corrected chi connectivity index (χ2v) is 13.8. The van der Waals surface area contributed by atoms with Crippen molar-refractivity contribution in [3.05, 3.63) is 122 Å². The Hall–Kier alpha value is -4.43. The van der Waals surface area contributed by atoms with E-state index in [2.05, 4.69) is 79.4 Å². The smallest absolute Gasteiger partial charge is 0.121 e. The normalized spacial score (nSPS) is 10.5. The van der Waals surface area contributed by atoms with Crippen LogP contribution >= 0.6 is 31.9 Å². The number of hydrogen-bond donors (Lipinski definition) is 0. The van der Waals surface area contributed by atoms with Crippen LogP contribution in [0.2, 0.25) is 0 Å². The molecule has 5 nitrogen and oxygen atoms in total. The Morgan fingerprint density at radius 1 is 0.500 bits per heavy atom. The van der Waals surface area contributed by atoms with Gasteiger partial charge in [-0.1, -0.05) is 114 Å². The third-order valence-corrected chi connectivity index (χ3v) is 8.69. The molecule has 50 heavy (non-hydrogen) atoms. The van der Waals surface area contributed by atoms with E-state index >= 15 is 0 Å². The second-order valence-electron chi connectivity index (χ2n) is 11.9. The summed E-state index contributed by atoms with van der Waals surface area (Å²) in [6.07, 6.45) is 12.9. The maximum Gasteiger partial charge on any atom is 0.121 e. The summed E-state index contributed by atoms with van der Waals surface area (Å²) in [5.74, 6) is 14.6. The maximum atomic E-state index is 5.96. The molecule has 254 valence electrons. The SMILES string of the molecule is CCCCCCOc1cc(Br)cc(C#Cc2ccc(-c3cccc(-c4ccc(C#Cc5cc(Br)cc(OCCCCCC)c5)cn4)n3)nc2)c1. The molecule has 7 heteroatoms. The fourth-order valence-corrected chi connectivity index (χ4v) is 6.07. The lowest BCUT2D eigenvalue weighted by Gasteiger charge is -2.07. The Morgan fingerprint density at radius 2 is 0.960 bits per heavy atom. The number of ether oxygens (including phenoxy) is 2. The molecule has 3 aromatic heterocycles. The molecule has 0 unspecified atom stereocenters. The monoisotopic (exact) mass is 789 g/mol. The first-order chi connectivity index (χ1) is 24.5. The fourth-order valence-electron chi connectivity index (χ4n) is 5.12. The van der Waals surface area contributed by atoms with Crippen LogP contribution in [-0.4, -0.2) is 28.2 Å². The standard InChI is InChI=1S/C43H41Br2N3O2/c1-3-5-7-9-22-49-38-26-34(24-36(44)28-38)16-14-32-18-20-40(46-30-32)42-12-11-13-43(48-42)41-21-19-33(31-47-41)15-17-35-25-37(45)29-39(27-35)50-23-10-8-6-4-2/h11-13,18-21,24-31H,3-10,22-23H2,1-2H3. The zero-order chi connectivity index (χ0) is 35.0. The van der Waals surface area contributed by atoms with Gasteiger partial charge in [-0.15, -0.1) is 0 Å². The molecule has 0 aliphatic heterocycles. The molecule has 0 spiro atoms. The average Bonchev–Trinajstić information content (AvgIpc) is 3.13. The second kappa shape index (κ2) is 19.7. The molecule has 2 aromatic carbocycles. The van der Waals surface area contributed by atoms with Crippen molar-refractivity contribution >= 4 is 31.9 Å². The predicted octanol–water partition coefficient (Wildman–Crippen LogP) is 11.4. The number of rotatable bonds is 14. The van der Waals surface area contributed by atoms with Crippen LogP contribution in [0.25, 0.3) is 22.8 Å². The topological polar surface area (TPSA) is 57.1 Å². The van der Waals surface area contributed by atoms with E-state index in [0.29, 0.717) is 13.2 Å². The van der Waals surface area contributed by atoms with Crippen LogP contribution in [0, 0.1) is 23.7 Å². The predicted molar refractivity (Wildman–Crippen MR) is 210 cm³/mol. The van der Waals surface area contributed by atoms with Gasteiger partial charge in [0.25, 0.3) is 0 Å². The van der Waals surface area contributed by atoms with Gasteiger partial charge in [0.15, 0.2) is 0 Å². The number of pyridine rings is 3. The summed E-state index contributed by atoms with van der Waals surface area (Å²) in [6, 6.07) is 25.6. The maximum absolute atomic E-state index is 5.96. The minimum atomic E-state index is 0.712. The summed E-state index contributed by atoms with van der Waals surface area (Å²) in [5.41, 5.74) is 6.45. The zero-order valence-electron chi connectivity index (χ0n) is 28.6. The first kappa shape index (κ1) is 36.8. The van der Waals surface area contributed by atoms with Crippen molar-refractivity contribution in [1.82, 2.24) is 15.0 Å². The molecular weight excluding hydrogens is 750 g/mol. The summed E-state index contributed by atoms with van der Waals surface area (Å²) < 4.78 is 13.8. The molecule has 0 amide bonds. The lowest BCUT2D eigenvalue weighted by Crippen LogP contribution is -1.97. The minimum Gasteiger partial charge on any atom is -0.494 e. The Labute approximate surface area is 313 Å². The Bertz CT molecular complexity index is 1830.